The van der Waals surface area contributed by atoms with Crippen molar-refractivity contribution in [2.24, 2.45) is 11.5 Å². The van der Waals surface area contributed by atoms with Crippen LogP contribution in [0.2, 0.25) is 0 Å². The van der Waals surface area contributed by atoms with E-state index in [0.29, 0.717) is 23.0 Å². The molecule has 2 aromatic heterocycles. The molecule has 0 aliphatic heterocycles. The molecule has 0 bridgehead atoms. The molecule has 0 spiro atoms. The highest BCUT2D eigenvalue weighted by Gasteiger charge is 2.23. The molecule has 1 aliphatic carbocycles. The number of primary amides is 1. The highest BCUT2D eigenvalue weighted by Crippen LogP contribution is 2.26. The molecule has 0 saturated heterocycles. The van der Waals surface area contributed by atoms with Crippen molar-refractivity contribution < 1.29 is 9.18 Å². The molecule has 1 aromatic carbocycles. The SMILES string of the molecule is NC(=O)c1cnc(N[C@@H]2CCCC[C@@H]2N)nc1Nc1cc(F)cc(-c2ncccn2)c1. The zero-order valence-electron chi connectivity index (χ0n) is 16.8. The van der Waals surface area contributed by atoms with Gasteiger partial charge in [-0.2, -0.15) is 4.98 Å². The van der Waals surface area contributed by atoms with E-state index >= 15 is 0 Å². The zero-order chi connectivity index (χ0) is 21.8. The third kappa shape index (κ3) is 4.92. The van der Waals surface area contributed by atoms with Crippen LogP contribution >= 0.6 is 0 Å². The molecule has 1 amide bonds. The summed E-state index contributed by atoms with van der Waals surface area (Å²) in [5, 5.41) is 6.21. The summed E-state index contributed by atoms with van der Waals surface area (Å²) in [5.74, 6) is -0.339. The first-order chi connectivity index (χ1) is 15.0. The minimum atomic E-state index is -0.702. The summed E-state index contributed by atoms with van der Waals surface area (Å²) in [5.41, 5.74) is 12.6. The number of halogens is 1. The number of hydrogen-bond acceptors (Lipinski definition) is 8. The Balaban J connectivity index is 1.64. The summed E-state index contributed by atoms with van der Waals surface area (Å²) in [4.78, 5) is 28.8. The first kappa shape index (κ1) is 20.6. The van der Waals surface area contributed by atoms with Crippen LogP contribution in [0, 0.1) is 5.82 Å². The Kier molecular flexibility index (Phi) is 5.99. The van der Waals surface area contributed by atoms with Crippen molar-refractivity contribution in [1.29, 1.82) is 0 Å². The van der Waals surface area contributed by atoms with E-state index in [-0.39, 0.29) is 23.5 Å². The molecule has 1 fully saturated rings. The maximum Gasteiger partial charge on any atom is 0.254 e. The molecule has 31 heavy (non-hydrogen) atoms. The molecule has 0 unspecified atom stereocenters. The molecule has 0 radical (unpaired) electrons. The van der Waals surface area contributed by atoms with E-state index in [0.717, 1.165) is 25.7 Å². The largest absolute Gasteiger partial charge is 0.365 e. The fourth-order valence-electron chi connectivity index (χ4n) is 3.61. The number of benzene rings is 1. The predicted molar refractivity (Wildman–Crippen MR) is 115 cm³/mol. The summed E-state index contributed by atoms with van der Waals surface area (Å²) in [7, 11) is 0. The summed E-state index contributed by atoms with van der Waals surface area (Å²) in [6, 6.07) is 5.99. The van der Waals surface area contributed by atoms with Gasteiger partial charge < -0.3 is 22.1 Å². The zero-order valence-corrected chi connectivity index (χ0v) is 16.8. The van der Waals surface area contributed by atoms with Crippen molar-refractivity contribution in [3.63, 3.8) is 0 Å². The Labute approximate surface area is 178 Å². The molecule has 3 aromatic rings. The molecule has 2 atom stereocenters. The molecule has 1 saturated carbocycles. The molecule has 160 valence electrons. The normalized spacial score (nSPS) is 18.4. The second-order valence-corrected chi connectivity index (χ2v) is 7.45. The monoisotopic (exact) mass is 422 g/mol. The van der Waals surface area contributed by atoms with Gasteiger partial charge in [-0.15, -0.1) is 0 Å². The van der Waals surface area contributed by atoms with Gasteiger partial charge in [0.15, 0.2) is 5.82 Å². The summed E-state index contributed by atoms with van der Waals surface area (Å²) in [6.45, 7) is 0. The van der Waals surface area contributed by atoms with Gasteiger partial charge in [-0.3, -0.25) is 4.79 Å². The third-order valence-electron chi connectivity index (χ3n) is 5.17. The van der Waals surface area contributed by atoms with Crippen LogP contribution in [0.25, 0.3) is 11.4 Å². The lowest BCUT2D eigenvalue weighted by Gasteiger charge is -2.29. The van der Waals surface area contributed by atoms with Crippen molar-refractivity contribution in [2.75, 3.05) is 10.6 Å². The van der Waals surface area contributed by atoms with E-state index in [1.807, 2.05) is 0 Å². The van der Waals surface area contributed by atoms with E-state index in [1.165, 1.54) is 18.3 Å². The minimum Gasteiger partial charge on any atom is -0.365 e. The second kappa shape index (κ2) is 9.00. The Morgan fingerprint density at radius 3 is 2.61 bits per heavy atom. The highest BCUT2D eigenvalue weighted by molar-refractivity contribution is 5.98. The first-order valence-corrected chi connectivity index (χ1v) is 10.0. The fraction of sp³-hybridized carbons (Fsp3) is 0.286. The molecular formula is C21H23FN8O. The highest BCUT2D eigenvalue weighted by atomic mass is 19.1. The molecule has 9 nitrogen and oxygen atoms in total. The number of anilines is 3. The van der Waals surface area contributed by atoms with Gasteiger partial charge >= 0.3 is 0 Å². The maximum atomic E-state index is 14.3. The van der Waals surface area contributed by atoms with Crippen LogP contribution in [0.5, 0.6) is 0 Å². The lowest BCUT2D eigenvalue weighted by Crippen LogP contribution is -2.43. The van der Waals surface area contributed by atoms with Crippen LogP contribution in [-0.4, -0.2) is 37.9 Å². The van der Waals surface area contributed by atoms with Gasteiger partial charge in [0, 0.05) is 41.9 Å². The lowest BCUT2D eigenvalue weighted by atomic mass is 9.91. The standard InChI is InChI=1S/C21H23FN8O/c22-13-8-12(19-25-6-3-7-26-19)9-14(10-13)28-20-15(18(24)31)11-27-21(30-20)29-17-5-2-1-4-16(17)23/h3,6-11,16-17H,1-2,4-5,23H2,(H2,24,31)(H2,27,28,29,30)/t16-,17+/m0/s1. The minimum absolute atomic E-state index is 0.00114. The topological polar surface area (TPSA) is 145 Å². The maximum absolute atomic E-state index is 14.3. The number of carbonyl (C=O) groups is 1. The summed E-state index contributed by atoms with van der Waals surface area (Å²) in [6.07, 6.45) is 8.50. The quantitative estimate of drug-likeness (QED) is 0.474. The number of carbonyl (C=O) groups excluding carboxylic acids is 1. The van der Waals surface area contributed by atoms with Crippen molar-refractivity contribution in [3.05, 3.63) is 54.2 Å². The van der Waals surface area contributed by atoms with Crippen LogP contribution in [-0.2, 0) is 0 Å². The van der Waals surface area contributed by atoms with Gasteiger partial charge in [-0.05, 0) is 37.1 Å². The number of rotatable bonds is 6. The first-order valence-electron chi connectivity index (χ1n) is 10.0. The Morgan fingerprint density at radius 1 is 1.10 bits per heavy atom. The third-order valence-corrected chi connectivity index (χ3v) is 5.17. The molecule has 10 heteroatoms. The predicted octanol–water partition coefficient (Wildman–Crippen LogP) is 2.60. The van der Waals surface area contributed by atoms with Crippen LogP contribution in [0.3, 0.4) is 0 Å². The van der Waals surface area contributed by atoms with E-state index in [1.54, 1.807) is 24.5 Å². The van der Waals surface area contributed by atoms with Crippen molar-refractivity contribution >= 4 is 23.4 Å². The fourth-order valence-corrected chi connectivity index (χ4v) is 3.61. The number of aromatic nitrogens is 4. The summed E-state index contributed by atoms with van der Waals surface area (Å²) >= 11 is 0. The molecule has 6 N–H and O–H groups in total. The van der Waals surface area contributed by atoms with E-state index in [9.17, 15) is 9.18 Å². The molecular weight excluding hydrogens is 399 g/mol. The van der Waals surface area contributed by atoms with Crippen molar-refractivity contribution in [1.82, 2.24) is 19.9 Å². The Morgan fingerprint density at radius 2 is 1.87 bits per heavy atom. The Hall–Kier alpha value is -3.66. The number of amides is 1. The van der Waals surface area contributed by atoms with Crippen LogP contribution in [0.1, 0.15) is 36.0 Å². The Bertz CT molecular complexity index is 1080. The summed E-state index contributed by atoms with van der Waals surface area (Å²) < 4.78 is 14.3. The lowest BCUT2D eigenvalue weighted by molar-refractivity contribution is 0.100. The van der Waals surface area contributed by atoms with Crippen LogP contribution in [0.15, 0.2) is 42.9 Å². The average Bonchev–Trinajstić information content (AvgIpc) is 2.75. The number of nitrogens with one attached hydrogen (secondary N) is 2. The number of hydrogen-bond donors (Lipinski definition) is 4. The van der Waals surface area contributed by atoms with E-state index < -0.39 is 11.7 Å². The van der Waals surface area contributed by atoms with Gasteiger partial charge in [0.05, 0.1) is 0 Å². The second-order valence-electron chi connectivity index (χ2n) is 7.45. The molecule has 2 heterocycles. The molecule has 1 aliphatic rings. The van der Waals surface area contributed by atoms with Crippen molar-refractivity contribution in [3.8, 4) is 11.4 Å². The van der Waals surface area contributed by atoms with Crippen LogP contribution in [0.4, 0.5) is 21.8 Å². The van der Waals surface area contributed by atoms with E-state index in [4.69, 9.17) is 11.5 Å². The van der Waals surface area contributed by atoms with Gasteiger partial charge in [0.2, 0.25) is 5.95 Å². The number of nitrogens with zero attached hydrogens (tertiary/aromatic N) is 4. The number of nitrogens with two attached hydrogens (primary N) is 2. The van der Waals surface area contributed by atoms with Crippen molar-refractivity contribution in [2.45, 2.75) is 37.8 Å². The average molecular weight is 422 g/mol. The smallest absolute Gasteiger partial charge is 0.254 e. The van der Waals surface area contributed by atoms with Gasteiger partial charge in [0.25, 0.3) is 5.91 Å². The van der Waals surface area contributed by atoms with Gasteiger partial charge in [-0.25, -0.2) is 19.3 Å². The van der Waals surface area contributed by atoms with Crippen LogP contribution < -0.4 is 22.1 Å². The molecule has 4 rings (SSSR count). The van der Waals surface area contributed by atoms with Gasteiger partial charge in [-0.1, -0.05) is 12.8 Å². The van der Waals surface area contributed by atoms with E-state index in [2.05, 4.69) is 30.6 Å². The van der Waals surface area contributed by atoms with Gasteiger partial charge in [0.1, 0.15) is 17.2 Å².